The summed E-state index contributed by atoms with van der Waals surface area (Å²) in [4.78, 5) is 18.0. The Hall–Kier alpha value is -0.650. The van der Waals surface area contributed by atoms with Crippen LogP contribution in [-0.2, 0) is 4.79 Å². The average molecular weight is 297 g/mol. The normalized spacial score (nSPS) is 25.8. The maximum absolute atomic E-state index is 11.6. The first-order valence-electron chi connectivity index (χ1n) is 8.41. The molecular formula is C16H31N3O2. The Balaban J connectivity index is 1.64. The van der Waals surface area contributed by atoms with Gasteiger partial charge in [-0.25, -0.2) is 0 Å². The maximum atomic E-state index is 11.6. The average Bonchev–Trinajstić information content (AvgIpc) is 2.83. The van der Waals surface area contributed by atoms with Gasteiger partial charge in [0.15, 0.2) is 0 Å². The minimum absolute atomic E-state index is 0.195. The molecule has 0 bridgehead atoms. The Bertz CT molecular complexity index is 337. The van der Waals surface area contributed by atoms with Gasteiger partial charge in [-0.1, -0.05) is 6.42 Å². The highest BCUT2D eigenvalue weighted by Gasteiger charge is 2.23. The van der Waals surface area contributed by atoms with Crippen LogP contribution in [0.25, 0.3) is 0 Å². The Labute approximate surface area is 128 Å². The van der Waals surface area contributed by atoms with Crippen molar-refractivity contribution in [1.29, 1.82) is 0 Å². The number of carbonyl (C=O) groups is 1. The molecule has 2 saturated heterocycles. The summed E-state index contributed by atoms with van der Waals surface area (Å²) in [5, 5.41) is 10.1. The Morgan fingerprint density at radius 3 is 2.81 bits per heavy atom. The van der Waals surface area contributed by atoms with E-state index < -0.39 is 6.10 Å². The van der Waals surface area contributed by atoms with Gasteiger partial charge >= 0.3 is 0 Å². The fourth-order valence-electron chi connectivity index (χ4n) is 3.54. The smallest absolute Gasteiger partial charge is 0.222 e. The predicted molar refractivity (Wildman–Crippen MR) is 84.2 cm³/mol. The lowest BCUT2D eigenvalue weighted by Gasteiger charge is -2.34. The van der Waals surface area contributed by atoms with Gasteiger partial charge in [0, 0.05) is 32.1 Å². The maximum Gasteiger partial charge on any atom is 0.222 e. The summed E-state index contributed by atoms with van der Waals surface area (Å²) in [6.07, 6.45) is 6.30. The van der Waals surface area contributed by atoms with E-state index in [2.05, 4.69) is 23.9 Å². The second kappa shape index (κ2) is 8.11. The molecule has 0 aromatic rings. The first kappa shape index (κ1) is 16.7. The number of carbonyl (C=O) groups excluding carboxylic acids is 1. The Morgan fingerprint density at radius 1 is 1.33 bits per heavy atom. The second-order valence-corrected chi connectivity index (χ2v) is 6.78. The molecule has 0 aromatic carbocycles. The molecule has 2 fully saturated rings. The molecule has 0 saturated carbocycles. The summed E-state index contributed by atoms with van der Waals surface area (Å²) in [6, 6.07) is 0.693. The molecule has 2 aliphatic rings. The summed E-state index contributed by atoms with van der Waals surface area (Å²) in [6.45, 7) is 4.19. The highest BCUT2D eigenvalue weighted by Crippen LogP contribution is 2.18. The van der Waals surface area contributed by atoms with Crippen LogP contribution in [0.4, 0.5) is 0 Å². The van der Waals surface area contributed by atoms with Crippen LogP contribution in [0.3, 0.4) is 0 Å². The lowest BCUT2D eigenvalue weighted by atomic mass is 10.00. The largest absolute Gasteiger partial charge is 0.390 e. The van der Waals surface area contributed by atoms with E-state index in [9.17, 15) is 9.90 Å². The van der Waals surface area contributed by atoms with Crippen LogP contribution in [0.1, 0.15) is 38.5 Å². The van der Waals surface area contributed by atoms with Crippen LogP contribution in [0.2, 0.25) is 0 Å². The van der Waals surface area contributed by atoms with Gasteiger partial charge in [0.2, 0.25) is 5.91 Å². The van der Waals surface area contributed by atoms with Gasteiger partial charge in [0.05, 0.1) is 6.10 Å². The molecule has 21 heavy (non-hydrogen) atoms. The van der Waals surface area contributed by atoms with E-state index in [0.29, 0.717) is 25.6 Å². The van der Waals surface area contributed by atoms with E-state index in [-0.39, 0.29) is 5.91 Å². The Morgan fingerprint density at radius 2 is 2.14 bits per heavy atom. The quantitative estimate of drug-likeness (QED) is 0.754. The fourth-order valence-corrected chi connectivity index (χ4v) is 3.54. The molecule has 0 spiro atoms. The van der Waals surface area contributed by atoms with Crippen molar-refractivity contribution in [1.82, 2.24) is 14.7 Å². The van der Waals surface area contributed by atoms with Gasteiger partial charge in [-0.3, -0.25) is 4.79 Å². The lowest BCUT2D eigenvalue weighted by Crippen LogP contribution is -2.42. The van der Waals surface area contributed by atoms with Crippen LogP contribution < -0.4 is 0 Å². The third kappa shape index (κ3) is 5.24. The minimum Gasteiger partial charge on any atom is -0.390 e. The number of aliphatic hydroxyl groups is 1. The van der Waals surface area contributed by atoms with E-state index in [1.807, 2.05) is 0 Å². The first-order valence-corrected chi connectivity index (χ1v) is 8.41. The molecule has 1 N–H and O–H groups in total. The van der Waals surface area contributed by atoms with E-state index in [4.69, 9.17) is 0 Å². The number of piperidine rings is 1. The van der Waals surface area contributed by atoms with Gasteiger partial charge in [-0.15, -0.1) is 0 Å². The molecule has 1 amide bonds. The van der Waals surface area contributed by atoms with Crippen molar-refractivity contribution < 1.29 is 9.90 Å². The number of aliphatic hydroxyl groups excluding tert-OH is 1. The minimum atomic E-state index is -0.430. The molecule has 0 aromatic heterocycles. The zero-order valence-electron chi connectivity index (χ0n) is 13.6. The molecule has 2 heterocycles. The summed E-state index contributed by atoms with van der Waals surface area (Å²) in [5.74, 6) is 0.195. The number of β-amino-alcohol motifs (C(OH)–C–C–N with tert-alkyl or cyclic N) is 1. The number of likely N-dealkylation sites (tertiary alicyclic amines) is 2. The SMILES string of the molecule is CN(CCC1CCCCN1C)CC(O)CN1CCCC1=O. The predicted octanol–water partition coefficient (Wildman–Crippen LogP) is 0.776. The van der Waals surface area contributed by atoms with Crippen molar-refractivity contribution >= 4 is 5.91 Å². The lowest BCUT2D eigenvalue weighted by molar-refractivity contribution is -0.129. The molecule has 122 valence electrons. The van der Waals surface area contributed by atoms with Crippen LogP contribution in [0.15, 0.2) is 0 Å². The molecule has 0 aliphatic carbocycles. The van der Waals surface area contributed by atoms with Crippen molar-refractivity contribution in [2.24, 2.45) is 0 Å². The van der Waals surface area contributed by atoms with Crippen molar-refractivity contribution in [2.75, 3.05) is 46.8 Å². The molecule has 5 nitrogen and oxygen atoms in total. The third-order valence-corrected chi connectivity index (χ3v) is 4.89. The van der Waals surface area contributed by atoms with Gasteiger partial charge < -0.3 is 19.8 Å². The molecular weight excluding hydrogens is 266 g/mol. The topological polar surface area (TPSA) is 47.0 Å². The van der Waals surface area contributed by atoms with Gasteiger partial charge in [0.1, 0.15) is 0 Å². The summed E-state index contributed by atoms with van der Waals surface area (Å²) < 4.78 is 0. The molecule has 0 radical (unpaired) electrons. The van der Waals surface area contributed by atoms with E-state index in [0.717, 1.165) is 19.5 Å². The molecule has 2 aliphatic heterocycles. The highest BCUT2D eigenvalue weighted by atomic mass is 16.3. The fraction of sp³-hybridized carbons (Fsp3) is 0.938. The van der Waals surface area contributed by atoms with Crippen molar-refractivity contribution in [3.05, 3.63) is 0 Å². The monoisotopic (exact) mass is 297 g/mol. The highest BCUT2D eigenvalue weighted by molar-refractivity contribution is 5.78. The van der Waals surface area contributed by atoms with Crippen LogP contribution in [0.5, 0.6) is 0 Å². The number of likely N-dealkylation sites (N-methyl/N-ethyl adjacent to an activating group) is 1. The van der Waals surface area contributed by atoms with E-state index >= 15 is 0 Å². The Kier molecular flexibility index (Phi) is 6.45. The number of amides is 1. The third-order valence-electron chi connectivity index (χ3n) is 4.89. The van der Waals surface area contributed by atoms with Crippen molar-refractivity contribution in [3.63, 3.8) is 0 Å². The van der Waals surface area contributed by atoms with Gasteiger partial charge in [-0.05, 0) is 52.9 Å². The number of hydrogen-bond donors (Lipinski definition) is 1. The van der Waals surface area contributed by atoms with E-state index in [1.54, 1.807) is 4.90 Å². The summed E-state index contributed by atoms with van der Waals surface area (Å²) in [5.41, 5.74) is 0. The molecule has 5 heteroatoms. The van der Waals surface area contributed by atoms with Crippen LogP contribution in [-0.4, -0.2) is 84.7 Å². The second-order valence-electron chi connectivity index (χ2n) is 6.78. The molecule has 2 atom stereocenters. The van der Waals surface area contributed by atoms with Gasteiger partial charge in [0.25, 0.3) is 0 Å². The van der Waals surface area contributed by atoms with Crippen LogP contribution in [0, 0.1) is 0 Å². The summed E-state index contributed by atoms with van der Waals surface area (Å²) in [7, 11) is 4.29. The number of rotatable bonds is 7. The summed E-state index contributed by atoms with van der Waals surface area (Å²) >= 11 is 0. The zero-order chi connectivity index (χ0) is 15.2. The standard InChI is InChI=1S/C16H31N3O2/c1-17(11-8-14-6-3-4-9-18(14)2)12-15(20)13-19-10-5-7-16(19)21/h14-15,20H,3-13H2,1-2H3. The molecule has 2 rings (SSSR count). The van der Waals surface area contributed by atoms with Crippen molar-refractivity contribution in [2.45, 2.75) is 50.7 Å². The van der Waals surface area contributed by atoms with E-state index in [1.165, 1.54) is 32.2 Å². The van der Waals surface area contributed by atoms with Gasteiger partial charge in [-0.2, -0.15) is 0 Å². The van der Waals surface area contributed by atoms with Crippen LogP contribution >= 0.6 is 0 Å². The molecule has 2 unspecified atom stereocenters. The first-order chi connectivity index (χ1) is 10.1. The number of nitrogens with zero attached hydrogens (tertiary/aromatic N) is 3. The zero-order valence-corrected chi connectivity index (χ0v) is 13.6. The van der Waals surface area contributed by atoms with Crippen molar-refractivity contribution in [3.8, 4) is 0 Å². The number of hydrogen-bond acceptors (Lipinski definition) is 4.